The Kier molecular flexibility index (Phi) is 1.88. The second-order valence-corrected chi connectivity index (χ2v) is 4.47. The van der Waals surface area contributed by atoms with Crippen molar-refractivity contribution in [2.75, 3.05) is 0 Å². The smallest absolute Gasteiger partial charge is 0.115 e. The SMILES string of the molecule is c1ccc(-c2n[nH]c3c2Cc2ccccc2-3)nc1. The van der Waals surface area contributed by atoms with Crippen LogP contribution in [-0.4, -0.2) is 15.2 Å². The minimum atomic E-state index is 0.933. The van der Waals surface area contributed by atoms with Crippen molar-refractivity contribution in [2.45, 2.75) is 6.42 Å². The number of fused-ring (bicyclic) bond motifs is 3. The lowest BCUT2D eigenvalue weighted by atomic mass is 10.1. The maximum atomic E-state index is 4.42. The largest absolute Gasteiger partial charge is 0.277 e. The molecule has 4 rings (SSSR count). The summed E-state index contributed by atoms with van der Waals surface area (Å²) >= 11 is 0. The molecule has 0 bridgehead atoms. The third-order valence-corrected chi connectivity index (χ3v) is 3.43. The van der Waals surface area contributed by atoms with Crippen LogP contribution in [0.3, 0.4) is 0 Å². The minimum Gasteiger partial charge on any atom is -0.277 e. The van der Waals surface area contributed by atoms with Crippen LogP contribution in [0.25, 0.3) is 22.6 Å². The van der Waals surface area contributed by atoms with Gasteiger partial charge in [0.25, 0.3) is 0 Å². The molecule has 0 spiro atoms. The van der Waals surface area contributed by atoms with Gasteiger partial charge in [-0.1, -0.05) is 30.3 Å². The predicted octanol–water partition coefficient (Wildman–Crippen LogP) is 3.04. The molecule has 0 atom stereocenters. The first-order valence-electron chi connectivity index (χ1n) is 6.00. The average Bonchev–Trinajstić information content (AvgIpc) is 2.98. The first kappa shape index (κ1) is 9.59. The Balaban J connectivity index is 1.91. The number of aromatic amines is 1. The van der Waals surface area contributed by atoms with Crippen molar-refractivity contribution >= 4 is 0 Å². The van der Waals surface area contributed by atoms with Gasteiger partial charge in [-0.05, 0) is 17.7 Å². The summed E-state index contributed by atoms with van der Waals surface area (Å²) in [6.07, 6.45) is 2.74. The molecule has 3 heteroatoms. The van der Waals surface area contributed by atoms with Gasteiger partial charge in [0.15, 0.2) is 0 Å². The van der Waals surface area contributed by atoms with Gasteiger partial charge in [0, 0.05) is 23.7 Å². The van der Waals surface area contributed by atoms with Crippen LogP contribution in [0.4, 0.5) is 0 Å². The molecule has 0 saturated heterocycles. The molecule has 2 heterocycles. The lowest BCUT2D eigenvalue weighted by molar-refractivity contribution is 1.08. The van der Waals surface area contributed by atoms with Gasteiger partial charge in [0.1, 0.15) is 5.69 Å². The number of rotatable bonds is 1. The Morgan fingerprint density at radius 2 is 1.89 bits per heavy atom. The molecule has 86 valence electrons. The summed E-state index contributed by atoms with van der Waals surface area (Å²) in [7, 11) is 0. The van der Waals surface area contributed by atoms with Gasteiger partial charge < -0.3 is 0 Å². The van der Waals surface area contributed by atoms with E-state index in [1.807, 2.05) is 18.2 Å². The highest BCUT2D eigenvalue weighted by molar-refractivity contribution is 5.79. The molecule has 2 aromatic heterocycles. The molecule has 3 aromatic rings. The van der Waals surface area contributed by atoms with Crippen molar-refractivity contribution < 1.29 is 0 Å². The zero-order valence-electron chi connectivity index (χ0n) is 9.72. The molecule has 1 aromatic carbocycles. The molecular formula is C15H11N3. The summed E-state index contributed by atoms with van der Waals surface area (Å²) in [5, 5.41) is 7.57. The molecule has 0 amide bonds. The second-order valence-electron chi connectivity index (χ2n) is 4.47. The number of nitrogens with one attached hydrogen (secondary N) is 1. The molecule has 0 saturated carbocycles. The van der Waals surface area contributed by atoms with Crippen LogP contribution in [-0.2, 0) is 6.42 Å². The van der Waals surface area contributed by atoms with Crippen LogP contribution in [0.15, 0.2) is 48.7 Å². The fraction of sp³-hybridized carbons (Fsp3) is 0.0667. The number of benzene rings is 1. The molecule has 0 radical (unpaired) electrons. The highest BCUT2D eigenvalue weighted by Crippen LogP contribution is 2.39. The van der Waals surface area contributed by atoms with Crippen molar-refractivity contribution in [2.24, 2.45) is 0 Å². The Morgan fingerprint density at radius 1 is 1.00 bits per heavy atom. The van der Waals surface area contributed by atoms with Crippen molar-refractivity contribution in [1.82, 2.24) is 15.2 Å². The number of hydrogen-bond acceptors (Lipinski definition) is 2. The number of H-pyrrole nitrogens is 1. The normalized spacial score (nSPS) is 12.2. The zero-order valence-corrected chi connectivity index (χ0v) is 9.72. The van der Waals surface area contributed by atoms with Gasteiger partial charge in [-0.15, -0.1) is 0 Å². The summed E-state index contributed by atoms with van der Waals surface area (Å²) in [4.78, 5) is 4.38. The van der Waals surface area contributed by atoms with E-state index in [4.69, 9.17) is 0 Å². The summed E-state index contributed by atoms with van der Waals surface area (Å²) in [5.74, 6) is 0. The minimum absolute atomic E-state index is 0.933. The summed E-state index contributed by atoms with van der Waals surface area (Å²) in [5.41, 5.74) is 6.94. The van der Waals surface area contributed by atoms with E-state index in [9.17, 15) is 0 Å². The molecule has 1 aliphatic carbocycles. The number of pyridine rings is 1. The van der Waals surface area contributed by atoms with E-state index in [1.54, 1.807) is 6.20 Å². The highest BCUT2D eigenvalue weighted by atomic mass is 15.1. The lowest BCUT2D eigenvalue weighted by Crippen LogP contribution is -1.88. The first-order chi connectivity index (χ1) is 8.93. The Morgan fingerprint density at radius 3 is 2.78 bits per heavy atom. The van der Waals surface area contributed by atoms with Crippen LogP contribution in [0, 0.1) is 0 Å². The second kappa shape index (κ2) is 3.53. The predicted molar refractivity (Wildman–Crippen MR) is 70.1 cm³/mol. The fourth-order valence-corrected chi connectivity index (χ4v) is 2.58. The maximum absolute atomic E-state index is 4.42. The molecule has 0 fully saturated rings. The van der Waals surface area contributed by atoms with Crippen LogP contribution in [0.2, 0.25) is 0 Å². The van der Waals surface area contributed by atoms with E-state index in [0.717, 1.165) is 23.5 Å². The first-order valence-corrected chi connectivity index (χ1v) is 6.00. The van der Waals surface area contributed by atoms with E-state index in [0.29, 0.717) is 0 Å². The monoisotopic (exact) mass is 233 g/mol. The van der Waals surface area contributed by atoms with Gasteiger partial charge in [0.2, 0.25) is 0 Å². The van der Waals surface area contributed by atoms with Crippen molar-refractivity contribution in [3.05, 3.63) is 59.8 Å². The van der Waals surface area contributed by atoms with Crippen LogP contribution < -0.4 is 0 Å². The Hall–Kier alpha value is -2.42. The standard InChI is InChI=1S/C15H11N3/c1-2-6-11-10(5-1)9-12-14(11)17-18-15(12)13-7-3-4-8-16-13/h1-8H,9H2,(H,17,18). The molecule has 3 nitrogen and oxygen atoms in total. The fourth-order valence-electron chi connectivity index (χ4n) is 2.58. The molecule has 18 heavy (non-hydrogen) atoms. The number of aromatic nitrogens is 3. The molecule has 1 N–H and O–H groups in total. The van der Waals surface area contributed by atoms with Crippen LogP contribution in [0.5, 0.6) is 0 Å². The van der Waals surface area contributed by atoms with Crippen molar-refractivity contribution in [3.63, 3.8) is 0 Å². The number of hydrogen-bond donors (Lipinski definition) is 1. The van der Waals surface area contributed by atoms with E-state index in [1.165, 1.54) is 16.7 Å². The van der Waals surface area contributed by atoms with Gasteiger partial charge in [-0.2, -0.15) is 5.10 Å². The molecule has 0 aliphatic heterocycles. The Labute approximate surface area is 105 Å². The van der Waals surface area contributed by atoms with Gasteiger partial charge >= 0.3 is 0 Å². The summed E-state index contributed by atoms with van der Waals surface area (Å²) in [6, 6.07) is 14.4. The average molecular weight is 233 g/mol. The number of nitrogens with zero attached hydrogens (tertiary/aromatic N) is 2. The highest BCUT2D eigenvalue weighted by Gasteiger charge is 2.24. The van der Waals surface area contributed by atoms with Crippen molar-refractivity contribution in [1.29, 1.82) is 0 Å². The van der Waals surface area contributed by atoms with E-state index < -0.39 is 0 Å². The van der Waals surface area contributed by atoms with Crippen LogP contribution >= 0.6 is 0 Å². The maximum Gasteiger partial charge on any atom is 0.115 e. The van der Waals surface area contributed by atoms with Gasteiger partial charge in [-0.3, -0.25) is 10.1 Å². The van der Waals surface area contributed by atoms with Gasteiger partial charge in [0.05, 0.1) is 11.4 Å². The molecule has 1 aliphatic rings. The van der Waals surface area contributed by atoms with Crippen molar-refractivity contribution in [3.8, 4) is 22.6 Å². The topological polar surface area (TPSA) is 41.6 Å². The molecule has 0 unspecified atom stereocenters. The van der Waals surface area contributed by atoms with Gasteiger partial charge in [-0.25, -0.2) is 0 Å². The third kappa shape index (κ3) is 1.24. The summed E-state index contributed by atoms with van der Waals surface area (Å²) < 4.78 is 0. The molecular weight excluding hydrogens is 222 g/mol. The lowest BCUT2D eigenvalue weighted by Gasteiger charge is -1.98. The third-order valence-electron chi connectivity index (χ3n) is 3.43. The van der Waals surface area contributed by atoms with E-state index >= 15 is 0 Å². The summed E-state index contributed by atoms with van der Waals surface area (Å²) in [6.45, 7) is 0. The van der Waals surface area contributed by atoms with Crippen LogP contribution in [0.1, 0.15) is 11.1 Å². The zero-order chi connectivity index (χ0) is 11.9. The Bertz CT molecular complexity index is 714. The quantitative estimate of drug-likeness (QED) is 0.549. The van der Waals surface area contributed by atoms with E-state index in [2.05, 4.69) is 39.4 Å². The van der Waals surface area contributed by atoms with E-state index in [-0.39, 0.29) is 0 Å².